The average molecular weight is 374 g/mol. The van der Waals surface area contributed by atoms with E-state index >= 15 is 0 Å². The number of benzene rings is 2. The second-order valence-corrected chi connectivity index (χ2v) is 7.56. The number of rotatable bonds is 3. The van der Waals surface area contributed by atoms with E-state index in [2.05, 4.69) is 10.3 Å². The third-order valence-corrected chi connectivity index (χ3v) is 5.81. The van der Waals surface area contributed by atoms with Gasteiger partial charge in [0, 0.05) is 12.1 Å². The van der Waals surface area contributed by atoms with Crippen molar-refractivity contribution in [3.63, 3.8) is 0 Å². The Labute approximate surface area is 163 Å². The molecule has 2 aliphatic rings. The number of hydrogen-bond donors (Lipinski definition) is 2. The number of likely N-dealkylation sites (tertiary alicyclic amines) is 1. The highest BCUT2D eigenvalue weighted by molar-refractivity contribution is 5.99. The maximum absolute atomic E-state index is 13.2. The molecule has 2 amide bonds. The summed E-state index contributed by atoms with van der Waals surface area (Å²) in [6.45, 7) is 0.725. The average Bonchev–Trinajstić information content (AvgIpc) is 3.30. The third kappa shape index (κ3) is 2.85. The van der Waals surface area contributed by atoms with Gasteiger partial charge < -0.3 is 15.2 Å². The van der Waals surface area contributed by atoms with Gasteiger partial charge in [0.05, 0.1) is 29.5 Å². The fourth-order valence-electron chi connectivity index (χ4n) is 4.42. The molecule has 0 unspecified atom stereocenters. The number of para-hydroxylation sites is 2. The van der Waals surface area contributed by atoms with Crippen molar-refractivity contribution in [2.45, 2.75) is 37.8 Å². The number of fused-ring (bicyclic) bond motifs is 2. The van der Waals surface area contributed by atoms with Gasteiger partial charge in [0.15, 0.2) is 0 Å². The van der Waals surface area contributed by atoms with Gasteiger partial charge in [-0.15, -0.1) is 0 Å². The van der Waals surface area contributed by atoms with Gasteiger partial charge >= 0.3 is 0 Å². The van der Waals surface area contributed by atoms with E-state index in [1.165, 1.54) is 0 Å². The molecule has 0 radical (unpaired) electrons. The number of imidazole rings is 1. The van der Waals surface area contributed by atoms with E-state index in [1.54, 1.807) is 0 Å². The van der Waals surface area contributed by atoms with Gasteiger partial charge in [-0.2, -0.15) is 0 Å². The summed E-state index contributed by atoms with van der Waals surface area (Å²) in [5.74, 6) is 0.818. The molecule has 2 aliphatic heterocycles. The van der Waals surface area contributed by atoms with E-state index in [0.717, 1.165) is 48.2 Å². The van der Waals surface area contributed by atoms with Gasteiger partial charge in [0.25, 0.3) is 5.91 Å². The van der Waals surface area contributed by atoms with Crippen molar-refractivity contribution < 1.29 is 9.59 Å². The zero-order chi connectivity index (χ0) is 19.1. The van der Waals surface area contributed by atoms with Crippen LogP contribution >= 0.6 is 0 Å². The smallest absolute Gasteiger partial charge is 0.252 e. The highest BCUT2D eigenvalue weighted by Gasteiger charge is 2.35. The summed E-state index contributed by atoms with van der Waals surface area (Å²) in [5, 5.41) is 2.96. The Hall–Kier alpha value is -3.15. The molecule has 0 aliphatic carbocycles. The van der Waals surface area contributed by atoms with Crippen molar-refractivity contribution in [2.75, 3.05) is 6.54 Å². The summed E-state index contributed by atoms with van der Waals surface area (Å²) in [7, 11) is 0. The van der Waals surface area contributed by atoms with Crippen molar-refractivity contribution in [3.05, 3.63) is 65.5 Å². The first kappa shape index (κ1) is 17.0. The van der Waals surface area contributed by atoms with Gasteiger partial charge in [-0.1, -0.05) is 30.3 Å². The van der Waals surface area contributed by atoms with E-state index in [-0.39, 0.29) is 30.3 Å². The van der Waals surface area contributed by atoms with Gasteiger partial charge in [-0.3, -0.25) is 9.59 Å². The van der Waals surface area contributed by atoms with Crippen molar-refractivity contribution in [1.29, 1.82) is 0 Å². The van der Waals surface area contributed by atoms with E-state index in [1.807, 2.05) is 53.4 Å². The molecule has 28 heavy (non-hydrogen) atoms. The molecule has 5 rings (SSSR count). The molecule has 142 valence electrons. The Bertz CT molecular complexity index is 1020. The Morgan fingerprint density at radius 2 is 1.93 bits per heavy atom. The number of H-pyrrole nitrogens is 1. The Kier molecular flexibility index (Phi) is 4.11. The lowest BCUT2D eigenvalue weighted by Gasteiger charge is -2.35. The predicted molar refractivity (Wildman–Crippen MR) is 106 cm³/mol. The minimum atomic E-state index is -0.255. The van der Waals surface area contributed by atoms with Crippen LogP contribution in [0.2, 0.25) is 0 Å². The van der Waals surface area contributed by atoms with E-state index in [9.17, 15) is 9.59 Å². The normalized spacial score (nSPS) is 21.6. The lowest BCUT2D eigenvalue weighted by Crippen LogP contribution is -2.40. The molecule has 2 N–H and O–H groups in total. The lowest BCUT2D eigenvalue weighted by molar-refractivity contribution is -0.135. The fraction of sp³-hybridized carbons (Fsp3) is 0.318. The second-order valence-electron chi connectivity index (χ2n) is 7.56. The number of piperidine rings is 1. The summed E-state index contributed by atoms with van der Waals surface area (Å²) in [4.78, 5) is 35.4. The van der Waals surface area contributed by atoms with Crippen LogP contribution in [-0.2, 0) is 4.79 Å². The zero-order valence-corrected chi connectivity index (χ0v) is 15.5. The summed E-state index contributed by atoms with van der Waals surface area (Å²) in [6.07, 6.45) is 3.25. The number of nitrogens with zero attached hydrogens (tertiary/aromatic N) is 2. The van der Waals surface area contributed by atoms with Crippen molar-refractivity contribution >= 4 is 22.8 Å². The van der Waals surface area contributed by atoms with Gasteiger partial charge in [0.1, 0.15) is 5.82 Å². The van der Waals surface area contributed by atoms with Crippen molar-refractivity contribution in [1.82, 2.24) is 20.2 Å². The fourth-order valence-corrected chi connectivity index (χ4v) is 4.42. The molecule has 3 heterocycles. The maximum Gasteiger partial charge on any atom is 0.252 e. The van der Waals surface area contributed by atoms with Gasteiger partial charge in [-0.25, -0.2) is 4.98 Å². The largest absolute Gasteiger partial charge is 0.345 e. The summed E-state index contributed by atoms with van der Waals surface area (Å²) < 4.78 is 0. The monoisotopic (exact) mass is 374 g/mol. The van der Waals surface area contributed by atoms with Crippen LogP contribution in [-0.4, -0.2) is 33.2 Å². The second kappa shape index (κ2) is 6.78. The molecule has 1 fully saturated rings. The summed E-state index contributed by atoms with van der Waals surface area (Å²) in [5.41, 5.74) is 3.51. The predicted octanol–water partition coefficient (Wildman–Crippen LogP) is 3.49. The number of carbonyl (C=O) groups is 2. The molecule has 2 aromatic carbocycles. The number of carbonyl (C=O) groups excluding carboxylic acids is 2. The van der Waals surface area contributed by atoms with Crippen LogP contribution in [0.1, 0.15) is 59.5 Å². The first-order valence-electron chi connectivity index (χ1n) is 9.84. The highest BCUT2D eigenvalue weighted by Crippen LogP contribution is 2.34. The van der Waals surface area contributed by atoms with E-state index < -0.39 is 0 Å². The Balaban J connectivity index is 1.39. The molecular weight excluding hydrogens is 352 g/mol. The quantitative estimate of drug-likeness (QED) is 0.737. The number of nitrogens with one attached hydrogen (secondary N) is 2. The zero-order valence-electron chi connectivity index (χ0n) is 15.5. The molecule has 6 nitrogen and oxygen atoms in total. The van der Waals surface area contributed by atoms with E-state index in [0.29, 0.717) is 5.56 Å². The number of aromatic amines is 1. The topological polar surface area (TPSA) is 78.1 Å². The molecule has 1 aromatic heterocycles. The van der Waals surface area contributed by atoms with Gasteiger partial charge in [0.2, 0.25) is 5.91 Å². The standard InChI is InChI=1S/C22H22N4O2/c27-20(13-18-14-7-1-2-8-15(14)22(28)25-18)26-12-6-5-11-19(26)21-23-16-9-3-4-10-17(16)24-21/h1-4,7-10,18-19H,5-6,11-13H2,(H,23,24)(H,25,28)/t18-,19+/m0/s1. The Morgan fingerprint density at radius 1 is 1.11 bits per heavy atom. The molecule has 2 atom stereocenters. The molecule has 6 heteroatoms. The van der Waals surface area contributed by atoms with Crippen LogP contribution in [0.3, 0.4) is 0 Å². The van der Waals surface area contributed by atoms with Crippen LogP contribution in [0.15, 0.2) is 48.5 Å². The minimum Gasteiger partial charge on any atom is -0.345 e. The first-order chi connectivity index (χ1) is 13.7. The van der Waals surface area contributed by atoms with Crippen LogP contribution in [0.4, 0.5) is 0 Å². The lowest BCUT2D eigenvalue weighted by atomic mass is 9.98. The number of amides is 2. The molecule has 3 aromatic rings. The number of aromatic nitrogens is 2. The number of hydrogen-bond acceptors (Lipinski definition) is 3. The van der Waals surface area contributed by atoms with Crippen molar-refractivity contribution in [2.24, 2.45) is 0 Å². The molecule has 0 spiro atoms. The summed E-state index contributed by atoms with van der Waals surface area (Å²) in [6, 6.07) is 15.1. The van der Waals surface area contributed by atoms with E-state index in [4.69, 9.17) is 4.98 Å². The first-order valence-corrected chi connectivity index (χ1v) is 9.84. The van der Waals surface area contributed by atoms with Crippen molar-refractivity contribution in [3.8, 4) is 0 Å². The minimum absolute atomic E-state index is 0.0407. The van der Waals surface area contributed by atoms with Crippen LogP contribution in [0, 0.1) is 0 Å². The highest BCUT2D eigenvalue weighted by atomic mass is 16.2. The van der Waals surface area contributed by atoms with Crippen LogP contribution in [0.25, 0.3) is 11.0 Å². The Morgan fingerprint density at radius 3 is 2.82 bits per heavy atom. The van der Waals surface area contributed by atoms with Crippen LogP contribution in [0.5, 0.6) is 0 Å². The van der Waals surface area contributed by atoms with Crippen LogP contribution < -0.4 is 5.32 Å². The maximum atomic E-state index is 13.2. The summed E-state index contributed by atoms with van der Waals surface area (Å²) >= 11 is 0. The molecular formula is C22H22N4O2. The third-order valence-electron chi connectivity index (χ3n) is 5.81. The van der Waals surface area contributed by atoms with Gasteiger partial charge in [-0.05, 0) is 43.0 Å². The molecule has 1 saturated heterocycles. The molecule has 0 bridgehead atoms. The SMILES string of the molecule is O=C1N[C@@H](CC(=O)N2CCCC[C@@H]2c2nc3ccccc3[nH]2)c2ccccc21. The molecule has 0 saturated carbocycles.